The zero-order chi connectivity index (χ0) is 17.7. The molecule has 1 aromatic heterocycles. The van der Waals surface area contributed by atoms with Crippen LogP contribution in [-0.2, 0) is 0 Å². The Bertz CT molecular complexity index is 1350. The van der Waals surface area contributed by atoms with Crippen LogP contribution in [0.5, 0.6) is 0 Å². The lowest BCUT2D eigenvalue weighted by Gasteiger charge is -2.11. The molecule has 124 valence electrons. The summed E-state index contributed by atoms with van der Waals surface area (Å²) in [4.78, 5) is 13.3. The predicted molar refractivity (Wildman–Crippen MR) is 108 cm³/mol. The minimum Gasteiger partial charge on any atom is -0.456 e. The molecule has 0 atom stereocenters. The minimum atomic E-state index is 0.0183. The Morgan fingerprint density at radius 1 is 0.692 bits per heavy atom. The van der Waals surface area contributed by atoms with E-state index >= 15 is 0 Å². The topological polar surface area (TPSA) is 30.2 Å². The first-order valence-electron chi connectivity index (χ1n) is 8.67. The lowest BCUT2D eigenvalue weighted by Crippen LogP contribution is -2.04. The molecule has 5 aromatic rings. The Labute approximate surface area is 150 Å². The van der Waals surface area contributed by atoms with Crippen LogP contribution >= 0.6 is 0 Å². The van der Waals surface area contributed by atoms with Gasteiger partial charge in [0.05, 0.1) is 10.8 Å². The van der Waals surface area contributed by atoms with E-state index < -0.39 is 0 Å². The highest BCUT2D eigenvalue weighted by Gasteiger charge is 2.15. The molecule has 2 heteroatoms. The van der Waals surface area contributed by atoms with Gasteiger partial charge in [0.15, 0.2) is 0 Å². The first kappa shape index (κ1) is 14.9. The van der Waals surface area contributed by atoms with Crippen molar-refractivity contribution < 1.29 is 4.42 Å². The van der Waals surface area contributed by atoms with Gasteiger partial charge in [-0.15, -0.1) is 0 Å². The van der Waals surface area contributed by atoms with Crippen molar-refractivity contribution in [2.24, 2.45) is 0 Å². The first-order chi connectivity index (χ1) is 12.7. The normalized spacial score (nSPS) is 11.4. The summed E-state index contributed by atoms with van der Waals surface area (Å²) < 4.78 is 6.08. The van der Waals surface area contributed by atoms with Gasteiger partial charge in [-0.25, -0.2) is 0 Å². The van der Waals surface area contributed by atoms with Crippen molar-refractivity contribution in [1.82, 2.24) is 0 Å². The Balaban J connectivity index is 2.00. The molecule has 0 fully saturated rings. The summed E-state index contributed by atoms with van der Waals surface area (Å²) >= 11 is 0. The second-order valence-corrected chi connectivity index (χ2v) is 6.64. The van der Waals surface area contributed by atoms with Crippen molar-refractivity contribution >= 4 is 32.7 Å². The van der Waals surface area contributed by atoms with E-state index in [4.69, 9.17) is 4.42 Å². The summed E-state index contributed by atoms with van der Waals surface area (Å²) in [5.74, 6) is 0. The number of benzene rings is 4. The van der Waals surface area contributed by atoms with E-state index in [1.165, 1.54) is 0 Å². The van der Waals surface area contributed by atoms with Gasteiger partial charge < -0.3 is 4.42 Å². The lowest BCUT2D eigenvalue weighted by molar-refractivity contribution is 0.659. The highest BCUT2D eigenvalue weighted by atomic mass is 16.3. The molecule has 0 unspecified atom stereocenters. The third-order valence-electron chi connectivity index (χ3n) is 4.90. The van der Waals surface area contributed by atoms with E-state index in [0.717, 1.165) is 27.5 Å². The first-order valence-corrected chi connectivity index (χ1v) is 8.67. The van der Waals surface area contributed by atoms with Gasteiger partial charge in [-0.2, -0.15) is 0 Å². The second-order valence-electron chi connectivity index (χ2n) is 6.64. The Morgan fingerprint density at radius 3 is 2.31 bits per heavy atom. The van der Waals surface area contributed by atoms with E-state index in [9.17, 15) is 4.79 Å². The SMILES string of the molecule is Cc1cc(-c2cccc3ccccc23)c2c(=O)c3ccccc3oc2c1. The fraction of sp³-hybridized carbons (Fsp3) is 0.0417. The standard InChI is InChI=1S/C24H16O2/c1-15-13-20(18-11-6-8-16-7-2-3-9-17(16)18)23-22(14-15)26-21-12-5-4-10-19(21)24(23)25/h2-14H,1H3. The third kappa shape index (κ3) is 2.16. The lowest BCUT2D eigenvalue weighted by atomic mass is 9.93. The summed E-state index contributed by atoms with van der Waals surface area (Å²) in [7, 11) is 0. The maximum Gasteiger partial charge on any atom is 0.201 e. The van der Waals surface area contributed by atoms with Crippen LogP contribution in [0.15, 0.2) is 88.1 Å². The molecule has 0 radical (unpaired) electrons. The number of rotatable bonds is 1. The van der Waals surface area contributed by atoms with Crippen molar-refractivity contribution in [1.29, 1.82) is 0 Å². The summed E-state index contributed by atoms with van der Waals surface area (Å²) in [6.07, 6.45) is 0. The van der Waals surface area contributed by atoms with Crippen LogP contribution in [0.2, 0.25) is 0 Å². The zero-order valence-electron chi connectivity index (χ0n) is 14.3. The molecule has 26 heavy (non-hydrogen) atoms. The molecule has 0 amide bonds. The summed E-state index contributed by atoms with van der Waals surface area (Å²) in [5, 5.41) is 3.55. The number of para-hydroxylation sites is 1. The highest BCUT2D eigenvalue weighted by molar-refractivity contribution is 6.06. The molecule has 0 saturated heterocycles. The molecule has 0 bridgehead atoms. The zero-order valence-corrected chi connectivity index (χ0v) is 14.3. The van der Waals surface area contributed by atoms with Crippen molar-refractivity contribution in [3.63, 3.8) is 0 Å². The van der Waals surface area contributed by atoms with Crippen LogP contribution in [0, 0.1) is 6.92 Å². The predicted octanol–water partition coefficient (Wildman–Crippen LogP) is 6.07. The molecule has 4 aromatic carbocycles. The van der Waals surface area contributed by atoms with E-state index in [-0.39, 0.29) is 5.43 Å². The van der Waals surface area contributed by atoms with Crippen LogP contribution in [0.1, 0.15) is 5.56 Å². The number of fused-ring (bicyclic) bond motifs is 3. The molecule has 1 heterocycles. The van der Waals surface area contributed by atoms with Crippen LogP contribution in [0.3, 0.4) is 0 Å². The fourth-order valence-corrected chi connectivity index (χ4v) is 3.74. The molecule has 2 nitrogen and oxygen atoms in total. The highest BCUT2D eigenvalue weighted by Crippen LogP contribution is 2.34. The smallest absolute Gasteiger partial charge is 0.201 e. The second kappa shape index (κ2) is 5.57. The third-order valence-corrected chi connectivity index (χ3v) is 4.90. The molecule has 5 rings (SSSR count). The van der Waals surface area contributed by atoms with E-state index in [2.05, 4.69) is 30.3 Å². The molecule has 0 aliphatic rings. The van der Waals surface area contributed by atoms with E-state index in [1.807, 2.05) is 55.5 Å². The average molecular weight is 336 g/mol. The summed E-state index contributed by atoms with van der Waals surface area (Å²) in [5.41, 5.74) is 4.33. The maximum atomic E-state index is 13.3. The van der Waals surface area contributed by atoms with Gasteiger partial charge in [-0.1, -0.05) is 60.7 Å². The average Bonchev–Trinajstić information content (AvgIpc) is 2.67. The van der Waals surface area contributed by atoms with Gasteiger partial charge in [0, 0.05) is 0 Å². The van der Waals surface area contributed by atoms with Gasteiger partial charge in [0.2, 0.25) is 5.43 Å². The number of hydrogen-bond donors (Lipinski definition) is 0. The van der Waals surface area contributed by atoms with Crippen LogP contribution in [0.25, 0.3) is 43.8 Å². The van der Waals surface area contributed by atoms with Crippen LogP contribution in [-0.4, -0.2) is 0 Å². The van der Waals surface area contributed by atoms with Crippen LogP contribution in [0.4, 0.5) is 0 Å². The number of aryl methyl sites for hydroxylation is 1. The largest absolute Gasteiger partial charge is 0.456 e. The molecule has 0 aliphatic carbocycles. The fourth-order valence-electron chi connectivity index (χ4n) is 3.74. The van der Waals surface area contributed by atoms with Crippen molar-refractivity contribution in [3.05, 3.63) is 94.6 Å². The summed E-state index contributed by atoms with van der Waals surface area (Å²) in [6, 6.07) is 25.9. The molecule has 0 N–H and O–H groups in total. The quantitative estimate of drug-likeness (QED) is 0.348. The minimum absolute atomic E-state index is 0.0183. The maximum absolute atomic E-state index is 13.3. The van der Waals surface area contributed by atoms with Gasteiger partial charge in [-0.05, 0) is 52.6 Å². The number of hydrogen-bond acceptors (Lipinski definition) is 2. The van der Waals surface area contributed by atoms with Gasteiger partial charge in [0.25, 0.3) is 0 Å². The van der Waals surface area contributed by atoms with Crippen molar-refractivity contribution in [2.75, 3.05) is 0 Å². The van der Waals surface area contributed by atoms with Crippen molar-refractivity contribution in [3.8, 4) is 11.1 Å². The molecular weight excluding hydrogens is 320 g/mol. The molecule has 0 aliphatic heterocycles. The Hall–Kier alpha value is -3.39. The Morgan fingerprint density at radius 2 is 1.42 bits per heavy atom. The molecular formula is C24H16O2. The van der Waals surface area contributed by atoms with Gasteiger partial charge in [-0.3, -0.25) is 4.79 Å². The van der Waals surface area contributed by atoms with Gasteiger partial charge >= 0.3 is 0 Å². The monoisotopic (exact) mass is 336 g/mol. The molecule has 0 saturated carbocycles. The van der Waals surface area contributed by atoms with Gasteiger partial charge in [0.1, 0.15) is 11.2 Å². The van der Waals surface area contributed by atoms with E-state index in [0.29, 0.717) is 21.9 Å². The Kier molecular flexibility index (Phi) is 3.19. The van der Waals surface area contributed by atoms with E-state index in [1.54, 1.807) is 0 Å². The molecule has 0 spiro atoms. The summed E-state index contributed by atoms with van der Waals surface area (Å²) in [6.45, 7) is 2.03. The van der Waals surface area contributed by atoms with Crippen LogP contribution < -0.4 is 5.43 Å². The van der Waals surface area contributed by atoms with Crippen molar-refractivity contribution in [2.45, 2.75) is 6.92 Å².